The van der Waals surface area contributed by atoms with Crippen LogP contribution in [0.15, 0.2) is 29.5 Å². The van der Waals surface area contributed by atoms with Crippen LogP contribution in [-0.2, 0) is 4.79 Å². The average Bonchev–Trinajstić information content (AvgIpc) is 3.20. The zero-order valence-corrected chi connectivity index (χ0v) is 18.0. The molecule has 0 aromatic carbocycles. The van der Waals surface area contributed by atoms with Crippen LogP contribution in [0.5, 0.6) is 0 Å². The van der Waals surface area contributed by atoms with Crippen molar-refractivity contribution in [2.75, 3.05) is 53.2 Å². The summed E-state index contributed by atoms with van der Waals surface area (Å²) in [6.07, 6.45) is 9.13. The van der Waals surface area contributed by atoms with Crippen LogP contribution in [0.4, 0.5) is 29.0 Å². The van der Waals surface area contributed by atoms with Gasteiger partial charge in [0.05, 0.1) is 30.2 Å². The van der Waals surface area contributed by atoms with Crippen molar-refractivity contribution in [3.8, 4) is 0 Å². The molecule has 4 aliphatic rings. The Hall–Kier alpha value is -3.27. The smallest absolute Gasteiger partial charge is 0.291 e. The second kappa shape index (κ2) is 7.70. The van der Waals surface area contributed by atoms with Gasteiger partial charge in [-0.25, -0.2) is 9.97 Å². The van der Waals surface area contributed by atoms with Gasteiger partial charge in [0, 0.05) is 26.2 Å². The molecule has 5 heterocycles. The quantitative estimate of drug-likeness (QED) is 0.673. The van der Waals surface area contributed by atoms with Crippen molar-refractivity contribution in [1.29, 1.82) is 0 Å². The highest BCUT2D eigenvalue weighted by Gasteiger charge is 2.49. The SMILES string of the molecule is O=C1Nc2cnc(Nc3ccc(N4CCNCC4)cn3)nc2N2C1=NCC21CCCCC1. The zero-order chi connectivity index (χ0) is 21.5. The molecule has 1 saturated carbocycles. The van der Waals surface area contributed by atoms with E-state index in [9.17, 15) is 4.79 Å². The molecule has 6 rings (SSSR count). The first-order valence-electron chi connectivity index (χ1n) is 11.4. The number of hydrogen-bond acceptors (Lipinski definition) is 9. The van der Waals surface area contributed by atoms with Gasteiger partial charge in [0.2, 0.25) is 5.95 Å². The molecule has 3 N–H and O–H groups in total. The van der Waals surface area contributed by atoms with Gasteiger partial charge in [-0.05, 0) is 25.0 Å². The van der Waals surface area contributed by atoms with Crippen LogP contribution in [0.1, 0.15) is 32.1 Å². The van der Waals surface area contributed by atoms with Gasteiger partial charge in [0.1, 0.15) is 11.5 Å². The lowest BCUT2D eigenvalue weighted by atomic mass is 9.80. The van der Waals surface area contributed by atoms with Gasteiger partial charge in [-0.2, -0.15) is 4.98 Å². The lowest BCUT2D eigenvalue weighted by molar-refractivity contribution is -0.110. The topological polar surface area (TPSA) is 111 Å². The van der Waals surface area contributed by atoms with E-state index >= 15 is 0 Å². The highest BCUT2D eigenvalue weighted by molar-refractivity contribution is 6.49. The molecule has 32 heavy (non-hydrogen) atoms. The maximum absolute atomic E-state index is 12.6. The van der Waals surface area contributed by atoms with Gasteiger partial charge in [0.25, 0.3) is 5.91 Å². The number of carbonyl (C=O) groups is 1. The van der Waals surface area contributed by atoms with Crippen LogP contribution in [0, 0.1) is 0 Å². The number of rotatable bonds is 3. The first kappa shape index (κ1) is 19.4. The summed E-state index contributed by atoms with van der Waals surface area (Å²) in [5.41, 5.74) is 1.60. The Morgan fingerprint density at radius 2 is 1.88 bits per heavy atom. The Morgan fingerprint density at radius 3 is 2.66 bits per heavy atom. The number of carbonyl (C=O) groups excluding carboxylic acids is 1. The van der Waals surface area contributed by atoms with Crippen LogP contribution in [0.3, 0.4) is 0 Å². The van der Waals surface area contributed by atoms with E-state index in [1.807, 2.05) is 12.3 Å². The summed E-state index contributed by atoms with van der Waals surface area (Å²) in [7, 11) is 0. The largest absolute Gasteiger partial charge is 0.368 e. The molecule has 0 bridgehead atoms. The van der Waals surface area contributed by atoms with Crippen LogP contribution < -0.4 is 25.8 Å². The monoisotopic (exact) mass is 433 g/mol. The Labute approximate surface area is 186 Å². The first-order valence-corrected chi connectivity index (χ1v) is 11.4. The second-order valence-corrected chi connectivity index (χ2v) is 8.91. The number of fused-ring (bicyclic) bond motifs is 4. The minimum absolute atomic E-state index is 0.144. The summed E-state index contributed by atoms with van der Waals surface area (Å²) in [6, 6.07) is 4.02. The summed E-state index contributed by atoms with van der Waals surface area (Å²) in [5.74, 6) is 2.17. The van der Waals surface area contributed by atoms with Gasteiger partial charge >= 0.3 is 0 Å². The summed E-state index contributed by atoms with van der Waals surface area (Å²) in [5, 5.41) is 9.48. The maximum atomic E-state index is 12.6. The van der Waals surface area contributed by atoms with Gasteiger partial charge in [-0.15, -0.1) is 0 Å². The van der Waals surface area contributed by atoms with Crippen molar-refractivity contribution in [1.82, 2.24) is 20.3 Å². The van der Waals surface area contributed by atoms with Gasteiger partial charge in [0.15, 0.2) is 11.7 Å². The molecular formula is C22H27N9O. The van der Waals surface area contributed by atoms with Crippen molar-refractivity contribution in [3.63, 3.8) is 0 Å². The second-order valence-electron chi connectivity index (χ2n) is 8.91. The Kier molecular flexibility index (Phi) is 4.67. The molecule has 3 aliphatic heterocycles. The normalized spacial score (nSPS) is 21.6. The van der Waals surface area contributed by atoms with E-state index in [2.05, 4.69) is 46.8 Å². The molecule has 2 aromatic rings. The van der Waals surface area contributed by atoms with Crippen molar-refractivity contribution in [2.45, 2.75) is 37.6 Å². The number of amides is 1. The Balaban J connectivity index is 1.27. The molecule has 10 heteroatoms. The number of nitrogens with zero attached hydrogens (tertiary/aromatic N) is 6. The number of anilines is 5. The molecule has 1 aliphatic carbocycles. The molecule has 2 fully saturated rings. The molecule has 1 amide bonds. The number of pyridine rings is 1. The fourth-order valence-corrected chi connectivity index (χ4v) is 5.23. The van der Waals surface area contributed by atoms with Crippen molar-refractivity contribution in [3.05, 3.63) is 24.5 Å². The summed E-state index contributed by atoms with van der Waals surface area (Å²) < 4.78 is 0. The van der Waals surface area contributed by atoms with Crippen molar-refractivity contribution >= 4 is 40.7 Å². The molecule has 0 radical (unpaired) electrons. The Morgan fingerprint density at radius 1 is 1.03 bits per heavy atom. The number of nitrogens with one attached hydrogen (secondary N) is 3. The average molecular weight is 434 g/mol. The fourth-order valence-electron chi connectivity index (χ4n) is 5.23. The van der Waals surface area contributed by atoms with E-state index in [1.165, 1.54) is 6.42 Å². The first-order chi connectivity index (χ1) is 15.7. The highest BCUT2D eigenvalue weighted by Crippen LogP contribution is 2.44. The van der Waals surface area contributed by atoms with Gasteiger partial charge < -0.3 is 20.9 Å². The van der Waals surface area contributed by atoms with E-state index in [4.69, 9.17) is 4.98 Å². The Bertz CT molecular complexity index is 1060. The lowest BCUT2D eigenvalue weighted by Crippen LogP contribution is -2.56. The number of aliphatic imine (C=N–C) groups is 1. The molecular weight excluding hydrogens is 406 g/mol. The van der Waals surface area contributed by atoms with E-state index < -0.39 is 0 Å². The van der Waals surface area contributed by atoms with Crippen LogP contribution >= 0.6 is 0 Å². The lowest BCUT2D eigenvalue weighted by Gasteiger charge is -2.43. The third kappa shape index (κ3) is 3.26. The number of amidine groups is 1. The van der Waals surface area contributed by atoms with E-state index in [0.29, 0.717) is 29.8 Å². The zero-order valence-electron chi connectivity index (χ0n) is 18.0. The van der Waals surface area contributed by atoms with Gasteiger partial charge in [-0.1, -0.05) is 19.3 Å². The highest BCUT2D eigenvalue weighted by atomic mass is 16.2. The number of piperazine rings is 1. The van der Waals surface area contributed by atoms with Crippen molar-refractivity contribution in [2.24, 2.45) is 4.99 Å². The minimum Gasteiger partial charge on any atom is -0.368 e. The minimum atomic E-state index is -0.172. The standard InChI is InChI=1S/C22H27N9O/c32-20-19-26-14-22(6-2-1-3-7-22)31(19)18-16(27-20)13-25-21(29-18)28-17-5-4-15(12-24-17)30-10-8-23-9-11-30/h4-5,12-13,23H,1-3,6-11,14H2,(H,27,32)(H,24,25,28,29). The molecule has 166 valence electrons. The third-order valence-electron chi connectivity index (χ3n) is 6.90. The predicted octanol–water partition coefficient (Wildman–Crippen LogP) is 1.90. The fraction of sp³-hybridized carbons (Fsp3) is 0.500. The molecule has 10 nitrogen and oxygen atoms in total. The van der Waals surface area contributed by atoms with E-state index in [1.54, 1.807) is 6.20 Å². The third-order valence-corrected chi connectivity index (χ3v) is 6.90. The van der Waals surface area contributed by atoms with Crippen LogP contribution in [0.2, 0.25) is 0 Å². The maximum Gasteiger partial charge on any atom is 0.291 e. The predicted molar refractivity (Wildman–Crippen MR) is 124 cm³/mol. The molecule has 0 unspecified atom stereocenters. The molecule has 2 aromatic heterocycles. The van der Waals surface area contributed by atoms with E-state index in [-0.39, 0.29) is 11.4 Å². The number of hydrogen-bond donors (Lipinski definition) is 3. The summed E-state index contributed by atoms with van der Waals surface area (Å²) in [6.45, 7) is 4.59. The summed E-state index contributed by atoms with van der Waals surface area (Å²) >= 11 is 0. The molecule has 1 spiro atoms. The summed E-state index contributed by atoms with van der Waals surface area (Å²) in [4.78, 5) is 35.4. The molecule has 0 atom stereocenters. The van der Waals surface area contributed by atoms with Gasteiger partial charge in [-0.3, -0.25) is 14.7 Å². The van der Waals surface area contributed by atoms with Crippen molar-refractivity contribution < 1.29 is 4.79 Å². The van der Waals surface area contributed by atoms with Crippen LogP contribution in [-0.4, -0.2) is 65.0 Å². The van der Waals surface area contributed by atoms with Crippen LogP contribution in [0.25, 0.3) is 0 Å². The molecule has 1 saturated heterocycles. The number of aromatic nitrogens is 3. The van der Waals surface area contributed by atoms with E-state index in [0.717, 1.165) is 63.4 Å².